The van der Waals surface area contributed by atoms with Crippen LogP contribution >= 0.6 is 0 Å². The van der Waals surface area contributed by atoms with Gasteiger partial charge in [0, 0.05) is 12.8 Å². The molecule has 3 unspecified atom stereocenters. The van der Waals surface area contributed by atoms with Gasteiger partial charge in [0.05, 0.1) is 13.2 Å². The standard InChI is InChI=1S/C44H74O10/c1-3-5-7-9-11-13-15-17-18-19-21-22-24-26-28-30-32-39(46)51-35-37(36-52-44-43(50)42(49)41(48)38(34-45)54-44)53-40(47)33-31-29-27-25-23-20-16-14-12-10-8-6-4-2/h5,7,11,13,17-18,20,23,27,29,37-38,41-45,48-50H,3-4,6,8-10,12,14-16,19,21-22,24-26,28,30-36H2,1-2H3/b7-5+,13-11+,18-17+,23-20+,29-27+/t37?,38-,41+,42?,43?,44-/m0/s1. The van der Waals surface area contributed by atoms with Crippen molar-refractivity contribution in [1.82, 2.24) is 0 Å². The van der Waals surface area contributed by atoms with E-state index in [1.54, 1.807) is 0 Å². The van der Waals surface area contributed by atoms with Gasteiger partial charge in [-0.05, 0) is 64.2 Å². The number of hydrogen-bond acceptors (Lipinski definition) is 10. The largest absolute Gasteiger partial charge is 0.462 e. The third kappa shape index (κ3) is 26.2. The Morgan fingerprint density at radius 3 is 1.72 bits per heavy atom. The van der Waals surface area contributed by atoms with E-state index in [-0.39, 0.29) is 26.1 Å². The first-order chi connectivity index (χ1) is 26.3. The van der Waals surface area contributed by atoms with Gasteiger partial charge in [0.25, 0.3) is 0 Å². The van der Waals surface area contributed by atoms with Crippen molar-refractivity contribution in [3.8, 4) is 0 Å². The van der Waals surface area contributed by atoms with Crippen molar-refractivity contribution in [2.45, 2.75) is 185 Å². The highest BCUT2D eigenvalue weighted by atomic mass is 16.7. The zero-order chi connectivity index (χ0) is 39.5. The summed E-state index contributed by atoms with van der Waals surface area (Å²) in [4.78, 5) is 25.2. The Hall–Kier alpha value is -2.60. The van der Waals surface area contributed by atoms with E-state index in [1.165, 1.54) is 38.5 Å². The first-order valence-corrected chi connectivity index (χ1v) is 20.9. The van der Waals surface area contributed by atoms with E-state index in [0.717, 1.165) is 70.6 Å². The molecule has 0 saturated carbocycles. The molecule has 0 spiro atoms. The molecule has 0 aromatic rings. The van der Waals surface area contributed by atoms with Gasteiger partial charge in [0.1, 0.15) is 31.0 Å². The van der Waals surface area contributed by atoms with Crippen molar-refractivity contribution < 1.29 is 49.0 Å². The van der Waals surface area contributed by atoms with Crippen molar-refractivity contribution in [3.05, 3.63) is 60.8 Å². The van der Waals surface area contributed by atoms with Gasteiger partial charge >= 0.3 is 11.9 Å². The van der Waals surface area contributed by atoms with Crippen LogP contribution in [0.15, 0.2) is 60.8 Å². The Morgan fingerprint density at radius 2 is 1.13 bits per heavy atom. The molecule has 0 aromatic carbocycles. The van der Waals surface area contributed by atoms with Crippen molar-refractivity contribution in [3.63, 3.8) is 0 Å². The summed E-state index contributed by atoms with van der Waals surface area (Å²) in [6.45, 7) is 3.21. The second-order valence-corrected chi connectivity index (χ2v) is 14.1. The topological polar surface area (TPSA) is 152 Å². The molecule has 54 heavy (non-hydrogen) atoms. The quantitative estimate of drug-likeness (QED) is 0.0292. The Kier molecular flexibility index (Phi) is 31.9. The van der Waals surface area contributed by atoms with Crippen LogP contribution in [0.5, 0.6) is 0 Å². The zero-order valence-electron chi connectivity index (χ0n) is 33.4. The Labute approximate surface area is 326 Å². The maximum atomic E-state index is 12.7. The lowest BCUT2D eigenvalue weighted by molar-refractivity contribution is -0.305. The lowest BCUT2D eigenvalue weighted by atomic mass is 9.99. The number of rotatable bonds is 33. The number of carbonyl (C=O) groups excluding carboxylic acids is 2. The molecule has 1 aliphatic heterocycles. The number of ether oxygens (including phenoxy) is 4. The van der Waals surface area contributed by atoms with Crippen molar-refractivity contribution >= 4 is 11.9 Å². The summed E-state index contributed by atoms with van der Waals surface area (Å²) < 4.78 is 22.0. The molecule has 1 fully saturated rings. The minimum Gasteiger partial charge on any atom is -0.462 e. The van der Waals surface area contributed by atoms with Crippen LogP contribution in [0.3, 0.4) is 0 Å². The van der Waals surface area contributed by atoms with E-state index in [9.17, 15) is 30.0 Å². The first-order valence-electron chi connectivity index (χ1n) is 20.9. The van der Waals surface area contributed by atoms with Gasteiger partial charge in [0.2, 0.25) is 0 Å². The SMILES string of the molecule is CC/C=C/C/C=C/C/C=C/CCCCCCCCC(=O)OCC(CO[C@H]1O[C@@H](CO)[C@@H](O)C(O)C1O)OC(=O)CC/C=C/C/C=C/CCCCCCCC. The van der Waals surface area contributed by atoms with Gasteiger partial charge in [-0.1, -0.05) is 132 Å². The summed E-state index contributed by atoms with van der Waals surface area (Å²) >= 11 is 0. The summed E-state index contributed by atoms with van der Waals surface area (Å²) in [5.41, 5.74) is 0. The molecule has 0 aromatic heterocycles. The summed E-state index contributed by atoms with van der Waals surface area (Å²) in [5.74, 6) is -0.906. The molecular weight excluding hydrogens is 688 g/mol. The summed E-state index contributed by atoms with van der Waals surface area (Å²) in [5, 5.41) is 40.0. The van der Waals surface area contributed by atoms with Crippen LogP contribution in [0.2, 0.25) is 0 Å². The maximum absolute atomic E-state index is 12.7. The Bertz CT molecular complexity index is 1070. The second-order valence-electron chi connectivity index (χ2n) is 14.1. The lowest BCUT2D eigenvalue weighted by Gasteiger charge is -2.39. The van der Waals surface area contributed by atoms with Crippen LogP contribution in [0.1, 0.15) is 149 Å². The Morgan fingerprint density at radius 1 is 0.593 bits per heavy atom. The fourth-order valence-corrected chi connectivity index (χ4v) is 5.84. The van der Waals surface area contributed by atoms with Gasteiger partial charge < -0.3 is 39.4 Å². The van der Waals surface area contributed by atoms with Crippen LogP contribution in [0.4, 0.5) is 0 Å². The monoisotopic (exact) mass is 763 g/mol. The molecule has 10 heteroatoms. The van der Waals surface area contributed by atoms with E-state index >= 15 is 0 Å². The number of unbranched alkanes of at least 4 members (excludes halogenated alkanes) is 12. The summed E-state index contributed by atoms with van der Waals surface area (Å²) in [7, 11) is 0. The van der Waals surface area contributed by atoms with E-state index in [0.29, 0.717) is 12.8 Å². The highest BCUT2D eigenvalue weighted by Crippen LogP contribution is 2.22. The van der Waals surface area contributed by atoms with Crippen molar-refractivity contribution in [2.75, 3.05) is 19.8 Å². The van der Waals surface area contributed by atoms with E-state index in [4.69, 9.17) is 18.9 Å². The number of allylic oxidation sites excluding steroid dienone is 10. The van der Waals surface area contributed by atoms with Gasteiger partial charge in [-0.15, -0.1) is 0 Å². The second kappa shape index (κ2) is 34.9. The molecule has 0 bridgehead atoms. The van der Waals surface area contributed by atoms with Gasteiger partial charge in [-0.25, -0.2) is 0 Å². The van der Waals surface area contributed by atoms with Crippen LogP contribution in [-0.4, -0.2) is 89.0 Å². The number of aliphatic hydroxyl groups is 4. The average Bonchev–Trinajstić information content (AvgIpc) is 3.17. The van der Waals surface area contributed by atoms with E-state index in [2.05, 4.69) is 62.5 Å². The van der Waals surface area contributed by atoms with E-state index in [1.807, 2.05) is 12.2 Å². The smallest absolute Gasteiger partial charge is 0.306 e. The van der Waals surface area contributed by atoms with Crippen LogP contribution < -0.4 is 0 Å². The number of hydrogen-bond donors (Lipinski definition) is 4. The molecule has 310 valence electrons. The minimum atomic E-state index is -1.61. The fraction of sp³-hybridized carbons (Fsp3) is 0.727. The summed E-state index contributed by atoms with van der Waals surface area (Å²) in [6, 6.07) is 0. The third-order valence-electron chi connectivity index (χ3n) is 9.15. The predicted octanol–water partition coefficient (Wildman–Crippen LogP) is 8.27. The van der Waals surface area contributed by atoms with Crippen LogP contribution in [0.25, 0.3) is 0 Å². The molecule has 1 saturated heterocycles. The molecule has 10 nitrogen and oxygen atoms in total. The lowest BCUT2D eigenvalue weighted by Crippen LogP contribution is -2.59. The maximum Gasteiger partial charge on any atom is 0.306 e. The number of aliphatic hydroxyl groups excluding tert-OH is 4. The van der Waals surface area contributed by atoms with E-state index < -0.39 is 55.4 Å². The van der Waals surface area contributed by atoms with Gasteiger partial charge in [0.15, 0.2) is 12.4 Å². The molecule has 6 atom stereocenters. The molecule has 1 heterocycles. The summed E-state index contributed by atoms with van der Waals surface area (Å²) in [6.07, 6.45) is 33.8. The minimum absolute atomic E-state index is 0.118. The molecule has 0 aliphatic carbocycles. The molecule has 1 aliphatic rings. The Balaban J connectivity index is 2.41. The average molecular weight is 763 g/mol. The molecule has 0 radical (unpaired) electrons. The van der Waals surface area contributed by atoms with Gasteiger partial charge in [-0.2, -0.15) is 0 Å². The normalized spacial score (nSPS) is 21.3. The molecular formula is C44H74O10. The van der Waals surface area contributed by atoms with Crippen LogP contribution in [0, 0.1) is 0 Å². The fourth-order valence-electron chi connectivity index (χ4n) is 5.84. The predicted molar refractivity (Wildman–Crippen MR) is 215 cm³/mol. The van der Waals surface area contributed by atoms with Crippen LogP contribution in [-0.2, 0) is 28.5 Å². The van der Waals surface area contributed by atoms with Gasteiger partial charge in [-0.3, -0.25) is 9.59 Å². The molecule has 0 amide bonds. The zero-order valence-corrected chi connectivity index (χ0v) is 33.4. The highest BCUT2D eigenvalue weighted by Gasteiger charge is 2.44. The third-order valence-corrected chi connectivity index (χ3v) is 9.15. The van der Waals surface area contributed by atoms with Crippen molar-refractivity contribution in [2.24, 2.45) is 0 Å². The highest BCUT2D eigenvalue weighted by molar-refractivity contribution is 5.70. The molecule has 4 N–H and O–H groups in total. The number of carbonyl (C=O) groups is 2. The molecule has 1 rings (SSSR count). The van der Waals surface area contributed by atoms with Crippen molar-refractivity contribution in [1.29, 1.82) is 0 Å². The number of esters is 2. The first kappa shape index (κ1) is 49.4.